The molecule has 1 aliphatic rings. The minimum atomic E-state index is -2.56. The van der Waals surface area contributed by atoms with Crippen LogP contribution in [0.2, 0.25) is 0 Å². The number of carboxylic acids is 1. The van der Waals surface area contributed by atoms with Crippen molar-refractivity contribution in [2.45, 2.75) is 57.4 Å². The third-order valence-corrected chi connectivity index (χ3v) is 6.52. The molecule has 0 radical (unpaired) electrons. The van der Waals surface area contributed by atoms with E-state index in [1.165, 1.54) is 5.56 Å². The van der Waals surface area contributed by atoms with E-state index in [-0.39, 0.29) is 23.8 Å². The summed E-state index contributed by atoms with van der Waals surface area (Å²) in [4.78, 5) is 25.4. The van der Waals surface area contributed by atoms with Gasteiger partial charge < -0.3 is 20.1 Å². The Bertz CT molecular complexity index is 1220. The Kier molecular flexibility index (Phi) is 8.26. The highest BCUT2D eigenvalue weighted by atomic mass is 16.5. The topological polar surface area (TPSA) is 107 Å². The molecule has 1 amide bonds. The number of hydrogen-bond acceptors (Lipinski definition) is 5. The monoisotopic (exact) mass is 503 g/mol. The number of rotatable bonds is 12. The van der Waals surface area contributed by atoms with Crippen LogP contribution in [-0.2, 0) is 10.7 Å². The van der Waals surface area contributed by atoms with E-state index < -0.39 is 17.8 Å². The van der Waals surface area contributed by atoms with E-state index in [4.69, 9.17) is 9.84 Å². The summed E-state index contributed by atoms with van der Waals surface area (Å²) in [6, 6.07) is 21.6. The number of para-hydroxylation sites is 1. The highest BCUT2D eigenvalue weighted by Gasteiger charge is 2.48. The Morgan fingerprint density at radius 1 is 0.892 bits per heavy atom. The zero-order chi connectivity index (χ0) is 26.4. The molecular weight excluding hydrogens is 470 g/mol. The van der Waals surface area contributed by atoms with Crippen molar-refractivity contribution in [1.82, 2.24) is 4.90 Å². The Labute approximate surface area is 216 Å². The van der Waals surface area contributed by atoms with Gasteiger partial charge in [0, 0.05) is 18.0 Å². The van der Waals surface area contributed by atoms with Crippen LogP contribution in [0.15, 0.2) is 72.8 Å². The molecule has 3 aromatic carbocycles. The first-order valence-electron chi connectivity index (χ1n) is 12.7. The molecule has 3 aromatic rings. The van der Waals surface area contributed by atoms with E-state index in [9.17, 15) is 19.8 Å². The third-order valence-electron chi connectivity index (χ3n) is 6.52. The highest BCUT2D eigenvalue weighted by molar-refractivity contribution is 5.95. The van der Waals surface area contributed by atoms with E-state index in [2.05, 4.69) is 0 Å². The van der Waals surface area contributed by atoms with Crippen LogP contribution in [0.4, 0.5) is 0 Å². The van der Waals surface area contributed by atoms with Gasteiger partial charge in [-0.15, -0.1) is 0 Å². The van der Waals surface area contributed by atoms with E-state index in [1.807, 2.05) is 43.3 Å². The number of amides is 1. The molecule has 0 atom stereocenters. The molecule has 0 aromatic heterocycles. The Hall–Kier alpha value is -3.68. The molecule has 0 bridgehead atoms. The van der Waals surface area contributed by atoms with Gasteiger partial charge in [0.1, 0.15) is 5.75 Å². The predicted molar refractivity (Wildman–Crippen MR) is 140 cm³/mol. The van der Waals surface area contributed by atoms with Crippen LogP contribution in [0.5, 0.6) is 5.75 Å². The molecule has 1 saturated carbocycles. The van der Waals surface area contributed by atoms with Gasteiger partial charge in [-0.25, -0.2) is 0 Å². The number of carbonyl (C=O) groups is 2. The van der Waals surface area contributed by atoms with E-state index in [0.29, 0.717) is 44.3 Å². The molecule has 1 fully saturated rings. The maximum absolute atomic E-state index is 13.6. The molecule has 0 heterocycles. The first kappa shape index (κ1) is 26.4. The number of carboxylic acid groups (broad SMARTS) is 1. The van der Waals surface area contributed by atoms with Gasteiger partial charge in [-0.2, -0.15) is 0 Å². The van der Waals surface area contributed by atoms with Crippen molar-refractivity contribution in [2.24, 2.45) is 0 Å². The Morgan fingerprint density at radius 2 is 1.51 bits per heavy atom. The number of aryl methyl sites for hydroxylation is 1. The molecule has 7 heteroatoms. The SMILES string of the molecule is Cc1ccc(-c2ccc(C(=O)N(C3CC3)C(O)(O)c3ccccc3OCCCCCC(=O)O)cc2)cc1. The second-order valence-corrected chi connectivity index (χ2v) is 9.53. The van der Waals surface area contributed by atoms with E-state index >= 15 is 0 Å². The summed E-state index contributed by atoms with van der Waals surface area (Å²) in [5, 5.41) is 31.4. The molecular formula is C30H33NO6. The van der Waals surface area contributed by atoms with Crippen molar-refractivity contribution in [3.63, 3.8) is 0 Å². The third kappa shape index (κ3) is 6.56. The van der Waals surface area contributed by atoms with Gasteiger partial charge in [0.15, 0.2) is 0 Å². The molecule has 7 nitrogen and oxygen atoms in total. The van der Waals surface area contributed by atoms with Crippen LogP contribution in [0, 0.1) is 6.92 Å². The maximum Gasteiger partial charge on any atom is 0.303 e. The summed E-state index contributed by atoms with van der Waals surface area (Å²) in [5.74, 6) is -3.58. The fraction of sp³-hybridized carbons (Fsp3) is 0.333. The van der Waals surface area contributed by atoms with Crippen molar-refractivity contribution in [2.75, 3.05) is 6.61 Å². The zero-order valence-corrected chi connectivity index (χ0v) is 21.0. The van der Waals surface area contributed by atoms with Gasteiger partial charge in [-0.05, 0) is 74.4 Å². The summed E-state index contributed by atoms with van der Waals surface area (Å²) in [5.41, 5.74) is 3.64. The Balaban J connectivity index is 1.50. The van der Waals surface area contributed by atoms with Gasteiger partial charge in [0.05, 0.1) is 12.2 Å². The van der Waals surface area contributed by atoms with Gasteiger partial charge in [0.2, 0.25) is 0 Å². The van der Waals surface area contributed by atoms with Gasteiger partial charge in [-0.3, -0.25) is 14.5 Å². The van der Waals surface area contributed by atoms with Crippen LogP contribution >= 0.6 is 0 Å². The van der Waals surface area contributed by atoms with Gasteiger partial charge >= 0.3 is 5.97 Å². The molecule has 0 saturated heterocycles. The van der Waals surface area contributed by atoms with Crippen LogP contribution in [0.3, 0.4) is 0 Å². The molecule has 4 rings (SSSR count). The molecule has 0 spiro atoms. The average Bonchev–Trinajstić information content (AvgIpc) is 3.71. The molecule has 194 valence electrons. The predicted octanol–water partition coefficient (Wildman–Crippen LogP) is 5.09. The lowest BCUT2D eigenvalue weighted by Gasteiger charge is -2.36. The average molecular weight is 504 g/mol. The minimum absolute atomic E-state index is 0.0945. The smallest absolute Gasteiger partial charge is 0.303 e. The number of unbranched alkanes of at least 4 members (excludes halogenated alkanes) is 2. The molecule has 0 unspecified atom stereocenters. The summed E-state index contributed by atoms with van der Waals surface area (Å²) in [6.07, 6.45) is 3.34. The van der Waals surface area contributed by atoms with Crippen molar-refractivity contribution in [3.05, 3.63) is 89.5 Å². The van der Waals surface area contributed by atoms with Crippen molar-refractivity contribution >= 4 is 11.9 Å². The number of nitrogens with zero attached hydrogens (tertiary/aromatic N) is 1. The minimum Gasteiger partial charge on any atom is -0.493 e. The van der Waals surface area contributed by atoms with Crippen molar-refractivity contribution in [3.8, 4) is 16.9 Å². The number of aliphatic carboxylic acids is 1. The number of ether oxygens (including phenoxy) is 1. The number of benzene rings is 3. The summed E-state index contributed by atoms with van der Waals surface area (Å²) >= 11 is 0. The van der Waals surface area contributed by atoms with Gasteiger partial charge in [0.25, 0.3) is 11.8 Å². The van der Waals surface area contributed by atoms with Crippen molar-refractivity contribution < 1.29 is 29.6 Å². The van der Waals surface area contributed by atoms with Crippen LogP contribution in [-0.4, -0.2) is 44.7 Å². The molecule has 3 N–H and O–H groups in total. The standard InChI is InChI=1S/C30H33NO6/c1-21-10-12-22(13-11-21)23-14-16-24(17-15-23)29(34)31(25-18-19-25)30(35,36)26-7-4-5-8-27(26)37-20-6-2-3-9-28(32)33/h4-5,7-8,10-17,25,35-36H,2-3,6,9,18-20H2,1H3,(H,32,33). The first-order chi connectivity index (χ1) is 17.8. The fourth-order valence-corrected chi connectivity index (χ4v) is 4.32. The molecule has 37 heavy (non-hydrogen) atoms. The number of hydrogen-bond donors (Lipinski definition) is 3. The number of aliphatic hydroxyl groups is 2. The molecule has 0 aliphatic heterocycles. The van der Waals surface area contributed by atoms with E-state index in [0.717, 1.165) is 16.0 Å². The second-order valence-electron chi connectivity index (χ2n) is 9.53. The van der Waals surface area contributed by atoms with Crippen LogP contribution in [0.1, 0.15) is 60.0 Å². The normalized spacial score (nSPS) is 13.3. The zero-order valence-electron chi connectivity index (χ0n) is 21.0. The lowest BCUT2D eigenvalue weighted by Crippen LogP contribution is -2.51. The fourth-order valence-electron chi connectivity index (χ4n) is 4.32. The first-order valence-corrected chi connectivity index (χ1v) is 12.7. The summed E-state index contributed by atoms with van der Waals surface area (Å²) < 4.78 is 5.83. The lowest BCUT2D eigenvalue weighted by molar-refractivity contribution is -0.259. The second kappa shape index (κ2) is 11.6. The van der Waals surface area contributed by atoms with E-state index in [1.54, 1.807) is 36.4 Å². The summed E-state index contributed by atoms with van der Waals surface area (Å²) in [7, 11) is 0. The largest absolute Gasteiger partial charge is 0.493 e. The maximum atomic E-state index is 13.6. The lowest BCUT2D eigenvalue weighted by atomic mass is 10.0. The number of carbonyl (C=O) groups excluding carboxylic acids is 1. The quantitative estimate of drug-likeness (QED) is 0.235. The van der Waals surface area contributed by atoms with Crippen molar-refractivity contribution in [1.29, 1.82) is 0 Å². The highest BCUT2D eigenvalue weighted by Crippen LogP contribution is 2.40. The van der Waals surface area contributed by atoms with Gasteiger partial charge in [-0.1, -0.05) is 54.1 Å². The van der Waals surface area contributed by atoms with Crippen LogP contribution < -0.4 is 4.74 Å². The molecule has 1 aliphatic carbocycles. The van der Waals surface area contributed by atoms with Crippen LogP contribution in [0.25, 0.3) is 11.1 Å². The Morgan fingerprint density at radius 3 is 2.14 bits per heavy atom. The summed E-state index contributed by atoms with van der Waals surface area (Å²) in [6.45, 7) is 2.32.